The molecule has 184 valence electrons. The van der Waals surface area contributed by atoms with Crippen LogP contribution in [0.2, 0.25) is 0 Å². The van der Waals surface area contributed by atoms with E-state index in [9.17, 15) is 14.4 Å². The second-order valence-corrected chi connectivity index (χ2v) is 9.61. The molecule has 0 bridgehead atoms. The number of carbonyl (C=O) groups is 3. The molecule has 2 amide bonds. The molecule has 3 aromatic carbocycles. The molecular formula is C29H28N2O4S. The lowest BCUT2D eigenvalue weighted by Crippen LogP contribution is -2.32. The van der Waals surface area contributed by atoms with Gasteiger partial charge in [0, 0.05) is 10.6 Å². The highest BCUT2D eigenvalue weighted by molar-refractivity contribution is 8.04. The molecule has 0 atom stereocenters. The molecule has 0 spiro atoms. The van der Waals surface area contributed by atoms with Crippen molar-refractivity contribution in [3.63, 3.8) is 0 Å². The van der Waals surface area contributed by atoms with Crippen molar-refractivity contribution in [1.29, 1.82) is 0 Å². The van der Waals surface area contributed by atoms with Crippen LogP contribution >= 0.6 is 11.8 Å². The van der Waals surface area contributed by atoms with Gasteiger partial charge >= 0.3 is 5.97 Å². The van der Waals surface area contributed by atoms with Gasteiger partial charge in [0.2, 0.25) is 0 Å². The van der Waals surface area contributed by atoms with Crippen molar-refractivity contribution in [1.82, 2.24) is 0 Å². The highest BCUT2D eigenvalue weighted by atomic mass is 32.2. The molecule has 36 heavy (non-hydrogen) atoms. The zero-order chi connectivity index (χ0) is 25.7. The van der Waals surface area contributed by atoms with Gasteiger partial charge in [-0.2, -0.15) is 0 Å². The third kappa shape index (κ3) is 5.52. The fourth-order valence-electron chi connectivity index (χ4n) is 3.82. The maximum Gasteiger partial charge on any atom is 0.337 e. The number of nitrogens with zero attached hydrogens (tertiary/aromatic N) is 1. The fraction of sp³-hybridized carbons (Fsp3) is 0.207. The van der Waals surface area contributed by atoms with Crippen LogP contribution in [0.3, 0.4) is 0 Å². The number of unbranched alkanes of at least 4 members (excludes halogenated alkanes) is 1. The molecule has 0 aliphatic carbocycles. The van der Waals surface area contributed by atoms with Crippen LogP contribution in [0.4, 0.5) is 11.4 Å². The van der Waals surface area contributed by atoms with Crippen LogP contribution in [0.25, 0.3) is 0 Å². The van der Waals surface area contributed by atoms with Crippen molar-refractivity contribution >= 4 is 40.9 Å². The number of esters is 1. The molecular weight excluding hydrogens is 472 g/mol. The first-order valence-electron chi connectivity index (χ1n) is 11.8. The zero-order valence-corrected chi connectivity index (χ0v) is 21.4. The number of benzene rings is 3. The van der Waals surface area contributed by atoms with Gasteiger partial charge in [0.25, 0.3) is 11.8 Å². The Hall–Kier alpha value is -3.84. The van der Waals surface area contributed by atoms with Gasteiger partial charge in [-0.05, 0) is 73.9 Å². The Labute approximate surface area is 215 Å². The van der Waals surface area contributed by atoms with Gasteiger partial charge in [0.15, 0.2) is 0 Å². The summed E-state index contributed by atoms with van der Waals surface area (Å²) in [7, 11) is 1.32. The molecule has 0 radical (unpaired) electrons. The Bertz CT molecular complexity index is 1300. The third-order valence-electron chi connectivity index (χ3n) is 5.87. The largest absolute Gasteiger partial charge is 0.465 e. The summed E-state index contributed by atoms with van der Waals surface area (Å²) in [6.45, 7) is 4.14. The molecule has 0 saturated carbocycles. The van der Waals surface area contributed by atoms with E-state index in [2.05, 4.69) is 12.2 Å². The number of carbonyl (C=O) groups excluding carboxylic acids is 3. The Kier molecular flexibility index (Phi) is 7.90. The van der Waals surface area contributed by atoms with E-state index in [0.717, 1.165) is 29.7 Å². The molecule has 0 aromatic heterocycles. The number of hydrogen-bond donors (Lipinski definition) is 1. The number of imide groups is 1. The van der Waals surface area contributed by atoms with E-state index >= 15 is 0 Å². The van der Waals surface area contributed by atoms with Crippen molar-refractivity contribution < 1.29 is 19.1 Å². The van der Waals surface area contributed by atoms with E-state index in [4.69, 9.17) is 4.74 Å². The normalized spacial score (nSPS) is 13.4. The van der Waals surface area contributed by atoms with Gasteiger partial charge in [0.1, 0.15) is 10.6 Å². The second kappa shape index (κ2) is 11.3. The SMILES string of the molecule is CCCCc1ccc(N2C(=O)C(Nc3ccc(C(=O)OC)cc3)=C(Sc3ccc(C)cc3)C2=O)cc1. The first-order valence-corrected chi connectivity index (χ1v) is 12.6. The minimum atomic E-state index is -0.447. The van der Waals surface area contributed by atoms with E-state index < -0.39 is 11.9 Å². The molecule has 1 heterocycles. The van der Waals surface area contributed by atoms with Crippen molar-refractivity contribution in [3.8, 4) is 0 Å². The van der Waals surface area contributed by atoms with Gasteiger partial charge in [-0.3, -0.25) is 9.59 Å². The molecule has 6 nitrogen and oxygen atoms in total. The second-order valence-electron chi connectivity index (χ2n) is 8.53. The van der Waals surface area contributed by atoms with Crippen LogP contribution in [0.15, 0.2) is 88.3 Å². The number of thioether (sulfide) groups is 1. The lowest BCUT2D eigenvalue weighted by molar-refractivity contribution is -0.120. The molecule has 3 aromatic rings. The number of nitrogens with one attached hydrogen (secondary N) is 1. The average molecular weight is 501 g/mol. The monoisotopic (exact) mass is 500 g/mol. The van der Waals surface area contributed by atoms with Gasteiger partial charge in [-0.25, -0.2) is 9.69 Å². The van der Waals surface area contributed by atoms with Crippen molar-refractivity contribution in [2.75, 3.05) is 17.3 Å². The lowest BCUT2D eigenvalue weighted by Gasteiger charge is -2.16. The highest BCUT2D eigenvalue weighted by Crippen LogP contribution is 2.38. The molecule has 1 N–H and O–H groups in total. The van der Waals surface area contributed by atoms with Gasteiger partial charge in [-0.15, -0.1) is 0 Å². The fourth-order valence-corrected chi connectivity index (χ4v) is 4.74. The molecule has 1 aliphatic heterocycles. The summed E-state index contributed by atoms with van der Waals surface area (Å²) < 4.78 is 4.75. The quantitative estimate of drug-likeness (QED) is 0.282. The summed E-state index contributed by atoms with van der Waals surface area (Å²) in [6.07, 6.45) is 3.15. The predicted molar refractivity (Wildman–Crippen MR) is 143 cm³/mol. The van der Waals surface area contributed by atoms with Crippen molar-refractivity contribution in [3.05, 3.63) is 100 Å². The standard InChI is InChI=1S/C29H28N2O4S/c1-4-5-6-20-9-15-23(16-10-20)31-27(32)25(30-22-13-11-21(12-14-22)29(34)35-3)26(28(31)33)36-24-17-7-19(2)8-18-24/h7-18,30H,4-6H2,1-3H3. The topological polar surface area (TPSA) is 75.7 Å². The third-order valence-corrected chi connectivity index (χ3v) is 6.96. The van der Waals surface area contributed by atoms with E-state index in [1.54, 1.807) is 24.3 Å². The van der Waals surface area contributed by atoms with E-state index in [1.807, 2.05) is 55.5 Å². The van der Waals surface area contributed by atoms with Gasteiger partial charge < -0.3 is 10.1 Å². The van der Waals surface area contributed by atoms with Gasteiger partial charge in [-0.1, -0.05) is 54.9 Å². The maximum absolute atomic E-state index is 13.6. The molecule has 0 unspecified atom stereocenters. The molecule has 0 saturated heterocycles. The van der Waals surface area contributed by atoms with Crippen molar-refractivity contribution in [2.24, 2.45) is 0 Å². The smallest absolute Gasteiger partial charge is 0.337 e. The van der Waals surface area contributed by atoms with Crippen LogP contribution in [0, 0.1) is 6.92 Å². The number of aryl methyl sites for hydroxylation is 2. The summed E-state index contributed by atoms with van der Waals surface area (Å²) in [5.41, 5.74) is 3.99. The first kappa shape index (κ1) is 25.3. The zero-order valence-electron chi connectivity index (χ0n) is 20.5. The summed E-state index contributed by atoms with van der Waals surface area (Å²) in [5.74, 6) is -1.24. The summed E-state index contributed by atoms with van der Waals surface area (Å²) in [6, 6.07) is 21.9. The first-order chi connectivity index (χ1) is 17.4. The summed E-state index contributed by atoms with van der Waals surface area (Å²) in [5, 5.41) is 3.12. The Morgan fingerprint density at radius 2 is 1.58 bits per heavy atom. The molecule has 1 aliphatic rings. The lowest BCUT2D eigenvalue weighted by atomic mass is 10.1. The predicted octanol–water partition coefficient (Wildman–Crippen LogP) is 6.11. The molecule has 4 rings (SSSR count). The Morgan fingerprint density at radius 3 is 2.19 bits per heavy atom. The number of methoxy groups -OCH3 is 1. The molecule has 7 heteroatoms. The van der Waals surface area contributed by atoms with Crippen LogP contribution in [-0.2, 0) is 20.7 Å². The van der Waals surface area contributed by atoms with Crippen LogP contribution in [0.5, 0.6) is 0 Å². The maximum atomic E-state index is 13.6. The number of ether oxygens (including phenoxy) is 1. The number of rotatable bonds is 9. The Balaban J connectivity index is 1.65. The van der Waals surface area contributed by atoms with Crippen LogP contribution in [0.1, 0.15) is 41.3 Å². The minimum absolute atomic E-state index is 0.200. The van der Waals surface area contributed by atoms with E-state index in [-0.39, 0.29) is 11.6 Å². The minimum Gasteiger partial charge on any atom is -0.465 e. The van der Waals surface area contributed by atoms with Crippen LogP contribution < -0.4 is 10.2 Å². The number of anilines is 2. The Morgan fingerprint density at radius 1 is 0.917 bits per heavy atom. The van der Waals surface area contributed by atoms with Crippen molar-refractivity contribution in [2.45, 2.75) is 38.0 Å². The average Bonchev–Trinajstić information content (AvgIpc) is 3.12. The number of hydrogen-bond acceptors (Lipinski definition) is 6. The van der Waals surface area contributed by atoms with Crippen LogP contribution in [-0.4, -0.2) is 24.9 Å². The summed E-state index contributed by atoms with van der Waals surface area (Å²) >= 11 is 1.25. The van der Waals surface area contributed by atoms with E-state index in [1.165, 1.54) is 29.3 Å². The summed E-state index contributed by atoms with van der Waals surface area (Å²) in [4.78, 5) is 41.3. The number of amides is 2. The molecule has 0 fully saturated rings. The van der Waals surface area contributed by atoms with E-state index in [0.29, 0.717) is 21.8 Å². The highest BCUT2D eigenvalue weighted by Gasteiger charge is 2.40. The van der Waals surface area contributed by atoms with Gasteiger partial charge in [0.05, 0.1) is 18.4 Å².